The number of piperazine rings is 1. The highest BCUT2D eigenvalue weighted by Crippen LogP contribution is 2.02. The Hall–Kier alpha value is -1.74. The van der Waals surface area contributed by atoms with Crippen LogP contribution in [0.15, 0.2) is 0 Å². The van der Waals surface area contributed by atoms with Crippen molar-refractivity contribution in [3.63, 3.8) is 0 Å². The van der Waals surface area contributed by atoms with Crippen molar-refractivity contribution < 1.29 is 14.7 Å². The van der Waals surface area contributed by atoms with Gasteiger partial charge < -0.3 is 15.3 Å². The molecule has 0 radical (unpaired) electrons. The van der Waals surface area contributed by atoms with Crippen LogP contribution in [-0.2, 0) is 4.79 Å². The van der Waals surface area contributed by atoms with E-state index in [0.717, 1.165) is 19.3 Å². The summed E-state index contributed by atoms with van der Waals surface area (Å²) < 4.78 is 0. The van der Waals surface area contributed by atoms with E-state index in [0.29, 0.717) is 32.7 Å². The third-order valence-corrected chi connectivity index (χ3v) is 3.04. The molecule has 1 fully saturated rings. The number of aliphatic carboxylic acids is 1. The molecule has 6 nitrogen and oxygen atoms in total. The number of carbonyl (C=O) groups excluding carboxylic acids is 1. The summed E-state index contributed by atoms with van der Waals surface area (Å²) in [4.78, 5) is 25.9. The molecule has 1 aliphatic heterocycles. The zero-order valence-electron chi connectivity index (χ0n) is 11.1. The Balaban J connectivity index is 2.15. The number of amides is 2. The highest BCUT2D eigenvalue weighted by molar-refractivity contribution is 5.74. The fraction of sp³-hybridized carbons (Fsp3) is 0.692. The van der Waals surface area contributed by atoms with Crippen LogP contribution in [-0.4, -0.2) is 66.2 Å². The van der Waals surface area contributed by atoms with Crippen LogP contribution in [0.3, 0.4) is 0 Å². The largest absolute Gasteiger partial charge is 0.480 e. The van der Waals surface area contributed by atoms with E-state index in [9.17, 15) is 9.59 Å². The fourth-order valence-electron chi connectivity index (χ4n) is 1.96. The quantitative estimate of drug-likeness (QED) is 0.533. The predicted molar refractivity (Wildman–Crippen MR) is 71.7 cm³/mol. The van der Waals surface area contributed by atoms with E-state index in [2.05, 4.69) is 11.2 Å². The summed E-state index contributed by atoms with van der Waals surface area (Å²) in [6.07, 6.45) is 7.69. The Morgan fingerprint density at radius 2 is 1.89 bits per heavy atom. The van der Waals surface area contributed by atoms with E-state index < -0.39 is 5.97 Å². The van der Waals surface area contributed by atoms with Gasteiger partial charge in [0.15, 0.2) is 0 Å². The molecule has 0 bridgehead atoms. The number of rotatable bonds is 6. The van der Waals surface area contributed by atoms with Crippen molar-refractivity contribution in [2.45, 2.75) is 19.3 Å². The smallest absolute Gasteiger partial charge is 0.317 e. The molecule has 0 aliphatic carbocycles. The lowest BCUT2D eigenvalue weighted by atomic mass is 10.2. The van der Waals surface area contributed by atoms with Gasteiger partial charge in [0, 0.05) is 39.1 Å². The molecule has 0 unspecified atom stereocenters. The normalized spacial score (nSPS) is 15.8. The number of nitrogens with zero attached hydrogens (tertiary/aromatic N) is 2. The van der Waals surface area contributed by atoms with Crippen LogP contribution in [0.25, 0.3) is 0 Å². The number of carboxylic acid groups (broad SMARTS) is 1. The summed E-state index contributed by atoms with van der Waals surface area (Å²) in [5.74, 6) is 1.74. The molecular weight excluding hydrogens is 246 g/mol. The molecule has 0 aromatic heterocycles. The molecule has 0 aromatic carbocycles. The van der Waals surface area contributed by atoms with Gasteiger partial charge in [-0.3, -0.25) is 9.69 Å². The first-order chi connectivity index (χ1) is 9.13. The van der Waals surface area contributed by atoms with Crippen molar-refractivity contribution in [2.24, 2.45) is 0 Å². The average Bonchev–Trinajstić information content (AvgIpc) is 2.38. The average molecular weight is 267 g/mol. The van der Waals surface area contributed by atoms with Gasteiger partial charge in [0.25, 0.3) is 0 Å². The van der Waals surface area contributed by atoms with E-state index in [1.54, 1.807) is 4.90 Å². The maximum absolute atomic E-state index is 11.8. The number of terminal acetylenes is 1. The molecule has 2 N–H and O–H groups in total. The second-order valence-electron chi connectivity index (χ2n) is 4.55. The Bertz CT molecular complexity index is 344. The lowest BCUT2D eigenvalue weighted by Crippen LogP contribution is -2.52. The van der Waals surface area contributed by atoms with Crippen LogP contribution in [0.5, 0.6) is 0 Å². The number of carbonyl (C=O) groups is 2. The number of carboxylic acids is 1. The summed E-state index contributed by atoms with van der Waals surface area (Å²) >= 11 is 0. The predicted octanol–water partition coefficient (Wildman–Crippen LogP) is 0.202. The first kappa shape index (κ1) is 15.3. The van der Waals surface area contributed by atoms with Crippen molar-refractivity contribution in [3.8, 4) is 12.3 Å². The second-order valence-corrected chi connectivity index (χ2v) is 4.55. The van der Waals surface area contributed by atoms with Crippen LogP contribution in [0.1, 0.15) is 19.3 Å². The number of urea groups is 1. The third-order valence-electron chi connectivity index (χ3n) is 3.04. The molecule has 1 aliphatic rings. The van der Waals surface area contributed by atoms with Crippen LogP contribution in [0.2, 0.25) is 0 Å². The van der Waals surface area contributed by atoms with Crippen LogP contribution < -0.4 is 5.32 Å². The van der Waals surface area contributed by atoms with Crippen molar-refractivity contribution >= 4 is 12.0 Å². The Morgan fingerprint density at radius 1 is 1.21 bits per heavy atom. The molecule has 0 saturated carbocycles. The third kappa shape index (κ3) is 6.11. The molecule has 6 heteroatoms. The van der Waals surface area contributed by atoms with Gasteiger partial charge in [0.2, 0.25) is 0 Å². The lowest BCUT2D eigenvalue weighted by Gasteiger charge is -2.33. The minimum absolute atomic E-state index is 0.0432. The molecule has 0 atom stereocenters. The maximum atomic E-state index is 11.8. The SMILES string of the molecule is C#CCCCCNC(=O)N1CCN(CC(=O)O)CC1. The van der Waals surface area contributed by atoms with Gasteiger partial charge in [-0.25, -0.2) is 4.79 Å². The molecule has 1 heterocycles. The summed E-state index contributed by atoms with van der Waals surface area (Å²) in [5.41, 5.74) is 0. The van der Waals surface area contributed by atoms with E-state index in [4.69, 9.17) is 11.5 Å². The second kappa shape index (κ2) is 8.38. The molecule has 1 saturated heterocycles. The maximum Gasteiger partial charge on any atom is 0.317 e. The van der Waals surface area contributed by atoms with Crippen molar-refractivity contribution in [2.75, 3.05) is 39.3 Å². The molecular formula is C13H21N3O3. The highest BCUT2D eigenvalue weighted by Gasteiger charge is 2.21. The Kier molecular flexibility index (Phi) is 6.75. The summed E-state index contributed by atoms with van der Waals surface area (Å²) in [7, 11) is 0. The topological polar surface area (TPSA) is 72.9 Å². The number of unbranched alkanes of at least 4 members (excludes halogenated alkanes) is 2. The zero-order valence-corrected chi connectivity index (χ0v) is 11.1. The van der Waals surface area contributed by atoms with Crippen molar-refractivity contribution in [1.82, 2.24) is 15.1 Å². The van der Waals surface area contributed by atoms with Crippen LogP contribution in [0.4, 0.5) is 4.79 Å². The summed E-state index contributed by atoms with van der Waals surface area (Å²) in [6, 6.07) is -0.0734. The fourth-order valence-corrected chi connectivity index (χ4v) is 1.96. The first-order valence-electron chi connectivity index (χ1n) is 6.54. The minimum atomic E-state index is -0.827. The molecule has 2 amide bonds. The van der Waals surface area contributed by atoms with E-state index in [-0.39, 0.29) is 12.6 Å². The number of hydrogen-bond donors (Lipinski definition) is 2. The van der Waals surface area contributed by atoms with Gasteiger partial charge in [-0.05, 0) is 12.8 Å². The van der Waals surface area contributed by atoms with Gasteiger partial charge in [0.05, 0.1) is 6.54 Å². The summed E-state index contributed by atoms with van der Waals surface area (Å²) in [5, 5.41) is 11.5. The molecule has 0 spiro atoms. The van der Waals surface area contributed by atoms with Gasteiger partial charge >= 0.3 is 12.0 Å². The lowest BCUT2D eigenvalue weighted by molar-refractivity contribution is -0.138. The van der Waals surface area contributed by atoms with E-state index >= 15 is 0 Å². The van der Waals surface area contributed by atoms with Gasteiger partial charge in [-0.1, -0.05) is 0 Å². The standard InChI is InChI=1S/C13H21N3O3/c1-2-3-4-5-6-14-13(19)16-9-7-15(8-10-16)11-12(17)18/h1H,3-11H2,(H,14,19)(H,17,18). The molecule has 1 rings (SSSR count). The van der Waals surface area contributed by atoms with E-state index in [1.807, 2.05) is 4.90 Å². The minimum Gasteiger partial charge on any atom is -0.480 e. The van der Waals surface area contributed by atoms with Gasteiger partial charge in [-0.2, -0.15) is 0 Å². The first-order valence-corrected chi connectivity index (χ1v) is 6.54. The van der Waals surface area contributed by atoms with Crippen LogP contribution >= 0.6 is 0 Å². The van der Waals surface area contributed by atoms with Crippen LogP contribution in [0, 0.1) is 12.3 Å². The van der Waals surface area contributed by atoms with E-state index in [1.165, 1.54) is 0 Å². The monoisotopic (exact) mass is 267 g/mol. The Morgan fingerprint density at radius 3 is 2.47 bits per heavy atom. The number of nitrogens with one attached hydrogen (secondary N) is 1. The molecule has 0 aromatic rings. The molecule has 106 valence electrons. The van der Waals surface area contributed by atoms with Crippen molar-refractivity contribution in [1.29, 1.82) is 0 Å². The number of hydrogen-bond acceptors (Lipinski definition) is 3. The zero-order chi connectivity index (χ0) is 14.1. The van der Waals surface area contributed by atoms with Gasteiger partial charge in [0.1, 0.15) is 0 Å². The summed E-state index contributed by atoms with van der Waals surface area (Å²) in [6.45, 7) is 3.04. The Labute approximate surface area is 113 Å². The molecule has 19 heavy (non-hydrogen) atoms. The van der Waals surface area contributed by atoms with Crippen molar-refractivity contribution in [3.05, 3.63) is 0 Å². The highest BCUT2D eigenvalue weighted by atomic mass is 16.4. The van der Waals surface area contributed by atoms with Gasteiger partial charge in [-0.15, -0.1) is 12.3 Å².